The van der Waals surface area contributed by atoms with Crippen molar-refractivity contribution in [2.75, 3.05) is 14.2 Å². The fourth-order valence-corrected chi connectivity index (χ4v) is 2.64. The summed E-state index contributed by atoms with van der Waals surface area (Å²) in [6.45, 7) is 2.15. The summed E-state index contributed by atoms with van der Waals surface area (Å²) in [5.41, 5.74) is 1.67. The quantitative estimate of drug-likeness (QED) is 0.238. The Hall–Kier alpha value is -4.07. The van der Waals surface area contributed by atoms with E-state index in [9.17, 15) is 14.4 Å². The van der Waals surface area contributed by atoms with Crippen LogP contribution in [0.4, 0.5) is 0 Å². The second-order valence-electron chi connectivity index (χ2n) is 7.45. The molecule has 0 fully saturated rings. The van der Waals surface area contributed by atoms with Crippen LogP contribution in [0.25, 0.3) is 12.2 Å². The van der Waals surface area contributed by atoms with Gasteiger partial charge in [-0.15, -0.1) is 0 Å². The van der Waals surface area contributed by atoms with Crippen molar-refractivity contribution >= 4 is 30.1 Å². The van der Waals surface area contributed by atoms with Gasteiger partial charge >= 0.3 is 17.9 Å². The fraction of sp³-hybridized carbons (Fsp3) is 0.321. The lowest BCUT2D eigenvalue weighted by Crippen LogP contribution is -1.93. The first-order valence-corrected chi connectivity index (χ1v) is 11.5. The Morgan fingerprint density at radius 1 is 0.667 bits per heavy atom. The first-order valence-electron chi connectivity index (χ1n) is 11.5. The van der Waals surface area contributed by atoms with Gasteiger partial charge in [-0.2, -0.15) is 0 Å². The van der Waals surface area contributed by atoms with Gasteiger partial charge in [0.25, 0.3) is 0 Å². The predicted octanol–water partition coefficient (Wildman–Crippen LogP) is 6.02. The van der Waals surface area contributed by atoms with Crippen LogP contribution in [-0.2, 0) is 14.4 Å². The topological polar surface area (TPSA) is 130 Å². The summed E-state index contributed by atoms with van der Waals surface area (Å²) < 4.78 is 9.91. The van der Waals surface area contributed by atoms with Gasteiger partial charge in [0.1, 0.15) is 11.5 Å². The maximum Gasteiger partial charge on any atom is 0.328 e. The van der Waals surface area contributed by atoms with Crippen molar-refractivity contribution in [2.45, 2.75) is 45.4 Å². The van der Waals surface area contributed by atoms with E-state index in [0.717, 1.165) is 47.6 Å². The van der Waals surface area contributed by atoms with Crippen molar-refractivity contribution < 1.29 is 39.2 Å². The van der Waals surface area contributed by atoms with E-state index in [2.05, 4.69) is 6.92 Å². The zero-order valence-corrected chi connectivity index (χ0v) is 21.1. The first kappa shape index (κ1) is 31.9. The summed E-state index contributed by atoms with van der Waals surface area (Å²) in [6, 6.07) is 14.3. The van der Waals surface area contributed by atoms with Crippen LogP contribution in [0.2, 0.25) is 0 Å². The molecular formula is C28H36O8. The molecule has 3 N–H and O–H groups in total. The zero-order chi connectivity index (χ0) is 27.2. The van der Waals surface area contributed by atoms with Gasteiger partial charge in [0.05, 0.1) is 14.2 Å². The van der Waals surface area contributed by atoms with Gasteiger partial charge in [0.15, 0.2) is 0 Å². The van der Waals surface area contributed by atoms with E-state index < -0.39 is 17.9 Å². The number of hydrogen-bond acceptors (Lipinski definition) is 5. The van der Waals surface area contributed by atoms with E-state index in [1.165, 1.54) is 31.4 Å². The Kier molecular flexibility index (Phi) is 18.0. The monoisotopic (exact) mass is 500 g/mol. The molecule has 36 heavy (non-hydrogen) atoms. The second kappa shape index (κ2) is 20.3. The highest BCUT2D eigenvalue weighted by Crippen LogP contribution is 2.13. The molecule has 0 unspecified atom stereocenters. The fourth-order valence-electron chi connectivity index (χ4n) is 2.64. The maximum atomic E-state index is 10.2. The molecule has 0 saturated heterocycles. The number of unbranched alkanes of at least 4 members (excludes halogenated alkanes) is 4. The van der Waals surface area contributed by atoms with Gasteiger partial charge in [0.2, 0.25) is 0 Å². The van der Waals surface area contributed by atoms with Crippen molar-refractivity contribution in [1.29, 1.82) is 0 Å². The lowest BCUT2D eigenvalue weighted by Gasteiger charge is -1.98. The number of benzene rings is 2. The van der Waals surface area contributed by atoms with Crippen LogP contribution in [0.5, 0.6) is 11.5 Å². The summed E-state index contributed by atoms with van der Waals surface area (Å²) >= 11 is 0. The predicted molar refractivity (Wildman–Crippen MR) is 140 cm³/mol. The minimum Gasteiger partial charge on any atom is -0.497 e. The molecule has 0 spiro atoms. The molecule has 0 amide bonds. The van der Waals surface area contributed by atoms with E-state index >= 15 is 0 Å². The van der Waals surface area contributed by atoms with Crippen molar-refractivity contribution in [3.8, 4) is 11.5 Å². The molecule has 0 aromatic heterocycles. The van der Waals surface area contributed by atoms with E-state index in [1.54, 1.807) is 62.8 Å². The Morgan fingerprint density at radius 2 is 1.06 bits per heavy atom. The van der Waals surface area contributed by atoms with Crippen LogP contribution in [0.3, 0.4) is 0 Å². The van der Waals surface area contributed by atoms with Crippen LogP contribution >= 0.6 is 0 Å². The molecule has 2 aromatic carbocycles. The third-order valence-electron chi connectivity index (χ3n) is 4.56. The summed E-state index contributed by atoms with van der Waals surface area (Å²) in [7, 11) is 3.17. The smallest absolute Gasteiger partial charge is 0.328 e. The van der Waals surface area contributed by atoms with Crippen LogP contribution in [0, 0.1) is 0 Å². The summed E-state index contributed by atoms with van der Waals surface area (Å²) in [5, 5.41) is 25.0. The van der Waals surface area contributed by atoms with Crippen LogP contribution in [0.1, 0.15) is 56.6 Å². The molecule has 196 valence electrons. The molecule has 2 aromatic rings. The van der Waals surface area contributed by atoms with Crippen molar-refractivity contribution in [3.63, 3.8) is 0 Å². The summed E-state index contributed by atoms with van der Waals surface area (Å²) in [5.74, 6) is -1.05. The van der Waals surface area contributed by atoms with E-state index in [-0.39, 0.29) is 0 Å². The van der Waals surface area contributed by atoms with Gasteiger partial charge in [-0.05, 0) is 54.0 Å². The number of carbonyl (C=O) groups is 3. The number of hydrogen-bond donors (Lipinski definition) is 3. The van der Waals surface area contributed by atoms with Crippen LogP contribution in [-0.4, -0.2) is 47.4 Å². The van der Waals surface area contributed by atoms with Gasteiger partial charge < -0.3 is 24.8 Å². The number of methoxy groups -OCH3 is 2. The minimum atomic E-state index is -0.948. The van der Waals surface area contributed by atoms with Crippen LogP contribution in [0.15, 0.2) is 60.7 Å². The van der Waals surface area contributed by atoms with Crippen molar-refractivity contribution in [3.05, 3.63) is 71.8 Å². The average Bonchev–Trinajstić information content (AvgIpc) is 2.87. The molecule has 0 radical (unpaired) electrons. The molecular weight excluding hydrogens is 464 g/mol. The number of ether oxygens (including phenoxy) is 2. The average molecular weight is 501 g/mol. The lowest BCUT2D eigenvalue weighted by molar-refractivity contribution is -0.137. The molecule has 2 rings (SSSR count). The zero-order valence-electron chi connectivity index (χ0n) is 21.1. The largest absolute Gasteiger partial charge is 0.497 e. The molecule has 0 aliphatic heterocycles. The highest BCUT2D eigenvalue weighted by atomic mass is 16.5. The Morgan fingerprint density at radius 3 is 1.36 bits per heavy atom. The summed E-state index contributed by atoms with van der Waals surface area (Å²) in [6.07, 6.45) is 11.1. The SMILES string of the molecule is CCCCCCCC(=O)O.COc1ccc(C=CC(=O)O)cc1.COc1ccc(C=CC(=O)O)cc1. The third kappa shape index (κ3) is 18.4. The lowest BCUT2D eigenvalue weighted by atomic mass is 10.1. The molecule has 0 saturated carbocycles. The normalized spacial score (nSPS) is 10.1. The molecule has 0 aliphatic carbocycles. The van der Waals surface area contributed by atoms with Crippen LogP contribution < -0.4 is 9.47 Å². The summed E-state index contributed by atoms with van der Waals surface area (Å²) in [4.78, 5) is 30.4. The van der Waals surface area contributed by atoms with Crippen molar-refractivity contribution in [2.24, 2.45) is 0 Å². The maximum absolute atomic E-state index is 10.2. The number of carboxylic acid groups (broad SMARTS) is 3. The first-order chi connectivity index (χ1) is 17.2. The Labute approximate surface area is 212 Å². The molecule has 0 atom stereocenters. The molecule has 0 bridgehead atoms. The Balaban J connectivity index is 0.000000517. The van der Waals surface area contributed by atoms with Gasteiger partial charge in [-0.25, -0.2) is 9.59 Å². The highest BCUT2D eigenvalue weighted by molar-refractivity contribution is 5.85. The third-order valence-corrected chi connectivity index (χ3v) is 4.56. The highest BCUT2D eigenvalue weighted by Gasteiger charge is 1.95. The van der Waals surface area contributed by atoms with Gasteiger partial charge in [0, 0.05) is 18.6 Å². The number of carboxylic acids is 3. The van der Waals surface area contributed by atoms with E-state index in [1.807, 2.05) is 0 Å². The Bertz CT molecular complexity index is 877. The van der Waals surface area contributed by atoms with Crippen molar-refractivity contribution in [1.82, 2.24) is 0 Å². The molecule has 8 nitrogen and oxygen atoms in total. The minimum absolute atomic E-state index is 0.337. The number of aliphatic carboxylic acids is 3. The van der Waals surface area contributed by atoms with Gasteiger partial charge in [-0.3, -0.25) is 4.79 Å². The molecule has 8 heteroatoms. The van der Waals surface area contributed by atoms with E-state index in [0.29, 0.717) is 6.42 Å². The standard InChI is InChI=1S/2C10H10O3.C8H16O2/c2*1-13-9-5-2-8(3-6-9)4-7-10(11)12;1-2-3-4-5-6-7-8(9)10/h2*2-7H,1H3,(H,11,12);2-7H2,1H3,(H,9,10). The molecule has 0 aliphatic rings. The second-order valence-corrected chi connectivity index (χ2v) is 7.45. The van der Waals surface area contributed by atoms with E-state index in [4.69, 9.17) is 24.8 Å². The molecule has 0 heterocycles. The number of rotatable bonds is 12. The van der Waals surface area contributed by atoms with Gasteiger partial charge in [-0.1, -0.05) is 56.9 Å².